The van der Waals surface area contributed by atoms with E-state index in [2.05, 4.69) is 15.2 Å². The fraction of sp³-hybridized carbons (Fsp3) is 0.250. The number of aromatic nitrogens is 4. The molecule has 0 atom stereocenters. The Labute approximate surface area is 170 Å². The number of carbonyl (C=O) groups is 1. The topological polar surface area (TPSA) is 94.1 Å². The summed E-state index contributed by atoms with van der Waals surface area (Å²) in [7, 11) is 0. The summed E-state index contributed by atoms with van der Waals surface area (Å²) in [4.78, 5) is 32.3. The van der Waals surface area contributed by atoms with Gasteiger partial charge in [0.15, 0.2) is 0 Å². The zero-order valence-corrected chi connectivity index (χ0v) is 16.6. The van der Waals surface area contributed by atoms with Crippen LogP contribution in [-0.4, -0.2) is 37.1 Å². The van der Waals surface area contributed by atoms with Crippen LogP contribution in [0.3, 0.4) is 0 Å². The Morgan fingerprint density at radius 2 is 2.07 bits per heavy atom. The van der Waals surface area contributed by atoms with Crippen LogP contribution < -0.4 is 5.56 Å². The Morgan fingerprint density at radius 3 is 2.86 bits per heavy atom. The molecule has 3 heterocycles. The van der Waals surface area contributed by atoms with Crippen LogP contribution in [-0.2, 0) is 17.9 Å². The fourth-order valence-corrected chi connectivity index (χ4v) is 3.65. The van der Waals surface area contributed by atoms with Crippen LogP contribution in [0, 0.1) is 0 Å². The molecule has 9 heteroatoms. The fourth-order valence-electron chi connectivity index (χ4n) is 3.01. The van der Waals surface area contributed by atoms with Crippen LogP contribution in [0.5, 0.6) is 0 Å². The van der Waals surface area contributed by atoms with Crippen molar-refractivity contribution in [3.05, 3.63) is 64.4 Å². The summed E-state index contributed by atoms with van der Waals surface area (Å²) in [5, 5.41) is 10.5. The van der Waals surface area contributed by atoms with Crippen molar-refractivity contribution in [3.8, 4) is 10.8 Å². The van der Waals surface area contributed by atoms with Crippen LogP contribution >= 0.6 is 11.3 Å². The number of thiophene rings is 1. The van der Waals surface area contributed by atoms with Gasteiger partial charge in [-0.05, 0) is 30.0 Å². The van der Waals surface area contributed by atoms with E-state index in [1.54, 1.807) is 23.1 Å². The van der Waals surface area contributed by atoms with Gasteiger partial charge in [-0.1, -0.05) is 25.1 Å². The summed E-state index contributed by atoms with van der Waals surface area (Å²) in [6.45, 7) is 2.60. The lowest BCUT2D eigenvalue weighted by molar-refractivity contribution is -0.132. The number of rotatable bonds is 7. The van der Waals surface area contributed by atoms with Crippen LogP contribution in [0.2, 0.25) is 0 Å². The average molecular weight is 409 g/mol. The smallest absolute Gasteiger partial charge is 0.261 e. The zero-order valence-electron chi connectivity index (χ0n) is 15.8. The SMILES string of the molecule is CCCN(Cc1nnc(-c2cccs2)o1)C(=O)Cn1cnc2ccccc2c1=O. The van der Waals surface area contributed by atoms with Gasteiger partial charge in [-0.15, -0.1) is 21.5 Å². The van der Waals surface area contributed by atoms with E-state index < -0.39 is 0 Å². The van der Waals surface area contributed by atoms with Crippen LogP contribution in [0.15, 0.2) is 57.3 Å². The lowest BCUT2D eigenvalue weighted by Gasteiger charge is -2.20. The summed E-state index contributed by atoms with van der Waals surface area (Å²) in [5.41, 5.74) is 0.372. The standard InChI is InChI=1S/C20H19N5O3S/c1-2-9-24(11-17-22-23-19(28-17)16-8-5-10-29-16)18(26)12-25-13-21-15-7-4-3-6-14(15)20(25)27/h3-8,10,13H,2,9,11-12H2,1H3. The Bertz CT molecular complexity index is 1180. The van der Waals surface area contributed by atoms with Gasteiger partial charge in [0.25, 0.3) is 11.4 Å². The van der Waals surface area contributed by atoms with Gasteiger partial charge in [0.2, 0.25) is 11.8 Å². The Hall–Kier alpha value is -3.33. The number of benzene rings is 1. The number of amides is 1. The maximum absolute atomic E-state index is 12.9. The van der Waals surface area contributed by atoms with E-state index in [0.717, 1.165) is 11.3 Å². The molecule has 3 aromatic heterocycles. The normalized spacial score (nSPS) is 11.1. The molecular weight excluding hydrogens is 390 g/mol. The molecule has 0 fully saturated rings. The first-order valence-corrected chi connectivity index (χ1v) is 10.1. The first-order chi connectivity index (χ1) is 14.2. The molecule has 0 saturated heterocycles. The second kappa shape index (κ2) is 8.36. The molecule has 148 valence electrons. The van der Waals surface area contributed by atoms with Crippen molar-refractivity contribution in [1.82, 2.24) is 24.6 Å². The van der Waals surface area contributed by atoms with Gasteiger partial charge in [-0.3, -0.25) is 14.2 Å². The van der Waals surface area contributed by atoms with Crippen LogP contribution in [0.25, 0.3) is 21.7 Å². The first-order valence-electron chi connectivity index (χ1n) is 9.24. The molecule has 4 aromatic rings. The Kier molecular flexibility index (Phi) is 5.48. The van der Waals surface area contributed by atoms with E-state index in [1.165, 1.54) is 22.2 Å². The van der Waals surface area contributed by atoms with Crippen LogP contribution in [0.4, 0.5) is 0 Å². The highest BCUT2D eigenvalue weighted by atomic mass is 32.1. The summed E-state index contributed by atoms with van der Waals surface area (Å²) < 4.78 is 7.03. The molecule has 8 nitrogen and oxygen atoms in total. The van der Waals surface area contributed by atoms with E-state index in [4.69, 9.17) is 4.42 Å². The third-order valence-electron chi connectivity index (χ3n) is 4.41. The molecular formula is C20H19N5O3S. The van der Waals surface area contributed by atoms with Gasteiger partial charge < -0.3 is 9.32 Å². The van der Waals surface area contributed by atoms with Gasteiger partial charge in [0.1, 0.15) is 6.54 Å². The molecule has 29 heavy (non-hydrogen) atoms. The van der Waals surface area contributed by atoms with E-state index in [0.29, 0.717) is 29.2 Å². The van der Waals surface area contributed by atoms with E-state index in [1.807, 2.05) is 30.5 Å². The van der Waals surface area contributed by atoms with Gasteiger partial charge >= 0.3 is 0 Å². The molecule has 0 unspecified atom stereocenters. The predicted octanol–water partition coefficient (Wildman–Crippen LogP) is 2.95. The van der Waals surface area contributed by atoms with Gasteiger partial charge in [0.05, 0.1) is 28.7 Å². The van der Waals surface area contributed by atoms with Crippen molar-refractivity contribution < 1.29 is 9.21 Å². The van der Waals surface area contributed by atoms with Gasteiger partial charge in [-0.2, -0.15) is 0 Å². The molecule has 1 aromatic carbocycles. The number of hydrogen-bond donors (Lipinski definition) is 0. The van der Waals surface area contributed by atoms with Gasteiger partial charge in [-0.25, -0.2) is 4.98 Å². The lowest BCUT2D eigenvalue weighted by Crippen LogP contribution is -2.36. The monoisotopic (exact) mass is 409 g/mol. The highest BCUT2D eigenvalue weighted by Crippen LogP contribution is 2.23. The molecule has 0 bridgehead atoms. The highest BCUT2D eigenvalue weighted by molar-refractivity contribution is 7.13. The summed E-state index contributed by atoms with van der Waals surface area (Å²) >= 11 is 1.51. The Balaban J connectivity index is 1.52. The van der Waals surface area contributed by atoms with E-state index in [-0.39, 0.29) is 24.6 Å². The van der Waals surface area contributed by atoms with Crippen molar-refractivity contribution in [2.75, 3.05) is 6.54 Å². The summed E-state index contributed by atoms with van der Waals surface area (Å²) in [6.07, 6.45) is 2.18. The molecule has 4 rings (SSSR count). The van der Waals surface area contributed by atoms with Crippen molar-refractivity contribution in [2.24, 2.45) is 0 Å². The summed E-state index contributed by atoms with van der Waals surface area (Å²) in [6, 6.07) is 10.9. The average Bonchev–Trinajstić information content (AvgIpc) is 3.42. The number of nitrogens with zero attached hydrogens (tertiary/aromatic N) is 5. The quantitative estimate of drug-likeness (QED) is 0.466. The number of carbonyl (C=O) groups excluding carboxylic acids is 1. The predicted molar refractivity (Wildman–Crippen MR) is 109 cm³/mol. The van der Waals surface area contributed by atoms with Crippen molar-refractivity contribution in [1.29, 1.82) is 0 Å². The maximum Gasteiger partial charge on any atom is 0.261 e. The molecule has 0 aliphatic rings. The minimum atomic E-state index is -0.238. The Morgan fingerprint density at radius 1 is 1.21 bits per heavy atom. The number of fused-ring (bicyclic) bond motifs is 1. The second-order valence-electron chi connectivity index (χ2n) is 6.49. The highest BCUT2D eigenvalue weighted by Gasteiger charge is 2.19. The van der Waals surface area contributed by atoms with Gasteiger partial charge in [0, 0.05) is 6.54 Å². The van der Waals surface area contributed by atoms with E-state index >= 15 is 0 Å². The molecule has 1 amide bonds. The van der Waals surface area contributed by atoms with E-state index in [9.17, 15) is 9.59 Å². The molecule has 0 radical (unpaired) electrons. The molecule has 0 aliphatic heterocycles. The molecule has 0 N–H and O–H groups in total. The number of hydrogen-bond acceptors (Lipinski definition) is 7. The zero-order chi connectivity index (χ0) is 20.2. The second-order valence-corrected chi connectivity index (χ2v) is 7.44. The maximum atomic E-state index is 12.9. The molecule has 0 saturated carbocycles. The molecule has 0 spiro atoms. The largest absolute Gasteiger partial charge is 0.418 e. The minimum Gasteiger partial charge on any atom is -0.418 e. The minimum absolute atomic E-state index is 0.0947. The van der Waals surface area contributed by atoms with Crippen molar-refractivity contribution >= 4 is 28.1 Å². The number of para-hydroxylation sites is 1. The first kappa shape index (κ1) is 19.0. The lowest BCUT2D eigenvalue weighted by atomic mass is 10.2. The summed E-state index contributed by atoms with van der Waals surface area (Å²) in [5.74, 6) is 0.593. The van der Waals surface area contributed by atoms with Crippen molar-refractivity contribution in [2.45, 2.75) is 26.4 Å². The molecule has 0 aliphatic carbocycles. The van der Waals surface area contributed by atoms with Crippen LogP contribution in [0.1, 0.15) is 19.2 Å². The third-order valence-corrected chi connectivity index (χ3v) is 5.27. The third kappa shape index (κ3) is 4.09. The van der Waals surface area contributed by atoms with Crippen molar-refractivity contribution in [3.63, 3.8) is 0 Å².